The second kappa shape index (κ2) is 7.46. The number of carbonyl (C=O) groups is 1. The van der Waals surface area contributed by atoms with Gasteiger partial charge in [-0.3, -0.25) is 4.55 Å². The Balaban J connectivity index is 0. The molecule has 0 aromatic rings. The molecule has 0 radical (unpaired) electrons. The number of hydrogen-bond acceptors (Lipinski definition) is 5. The first kappa shape index (κ1) is 18.5. The Bertz CT molecular complexity index is 311. The maximum atomic E-state index is 11.1. The third-order valence-corrected chi connectivity index (χ3v) is 1.14. The highest BCUT2D eigenvalue weighted by Gasteiger charge is 2.18. The molecule has 1 amide bonds. The van der Waals surface area contributed by atoms with Gasteiger partial charge in [-0.2, -0.15) is 8.42 Å². The van der Waals surface area contributed by atoms with E-state index in [9.17, 15) is 13.2 Å². The van der Waals surface area contributed by atoms with Crippen molar-refractivity contribution in [3.05, 3.63) is 0 Å². The van der Waals surface area contributed by atoms with E-state index in [1.54, 1.807) is 27.8 Å². The summed E-state index contributed by atoms with van der Waals surface area (Å²) in [6, 6.07) is 0. The lowest BCUT2D eigenvalue weighted by atomic mass is 10.2. The number of likely N-dealkylation sites (N-methyl/N-ethyl adjacent to an activating group) is 1. The number of aliphatic hydroxyl groups is 1. The summed E-state index contributed by atoms with van der Waals surface area (Å²) in [5, 5.41) is 8.53. The van der Waals surface area contributed by atoms with Gasteiger partial charge in [0.1, 0.15) is 5.60 Å². The first-order chi connectivity index (χ1) is 7.37. The summed E-state index contributed by atoms with van der Waals surface area (Å²) in [6.45, 7) is 5.66. The summed E-state index contributed by atoms with van der Waals surface area (Å²) < 4.78 is 30.9. The van der Waals surface area contributed by atoms with Gasteiger partial charge in [0.05, 0.1) is 12.9 Å². The quantitative estimate of drug-likeness (QED) is 0.702. The van der Waals surface area contributed by atoms with Crippen LogP contribution in [0.4, 0.5) is 4.79 Å². The minimum atomic E-state index is -3.67. The van der Waals surface area contributed by atoms with Crippen molar-refractivity contribution in [3.63, 3.8) is 0 Å². The molecule has 0 bridgehead atoms. The third kappa shape index (κ3) is 21.1. The Hall–Kier alpha value is -0.860. The summed E-state index contributed by atoms with van der Waals surface area (Å²) in [5.74, 6) is 0. The van der Waals surface area contributed by atoms with Crippen LogP contribution in [0, 0.1) is 0 Å². The van der Waals surface area contributed by atoms with Crippen LogP contribution in [0.3, 0.4) is 0 Å². The van der Waals surface area contributed by atoms with Crippen molar-refractivity contribution in [3.8, 4) is 0 Å². The van der Waals surface area contributed by atoms with E-state index in [1.165, 1.54) is 4.90 Å². The van der Waals surface area contributed by atoms with E-state index in [-0.39, 0.29) is 6.61 Å². The normalized spacial score (nSPS) is 11.2. The van der Waals surface area contributed by atoms with Gasteiger partial charge in [-0.25, -0.2) is 4.79 Å². The molecule has 17 heavy (non-hydrogen) atoms. The molecule has 0 fully saturated rings. The summed E-state index contributed by atoms with van der Waals surface area (Å²) in [5.41, 5.74) is -0.471. The van der Waals surface area contributed by atoms with Gasteiger partial charge < -0.3 is 14.7 Å². The van der Waals surface area contributed by atoms with Crippen LogP contribution >= 0.6 is 0 Å². The molecule has 0 aromatic carbocycles. The largest absolute Gasteiger partial charge is 0.444 e. The first-order valence-electron chi connectivity index (χ1n) is 4.84. The maximum absolute atomic E-state index is 11.1. The zero-order valence-electron chi connectivity index (χ0n) is 10.8. The zero-order chi connectivity index (χ0) is 14.3. The molecule has 0 saturated heterocycles. The van der Waals surface area contributed by atoms with Crippen molar-refractivity contribution in [2.75, 3.05) is 26.5 Å². The third-order valence-electron chi connectivity index (χ3n) is 1.14. The van der Waals surface area contributed by atoms with E-state index < -0.39 is 21.8 Å². The molecule has 8 heteroatoms. The molecule has 0 aliphatic rings. The van der Waals surface area contributed by atoms with Gasteiger partial charge in [-0.05, 0) is 20.8 Å². The molecule has 0 unspecified atom stereocenters. The highest BCUT2D eigenvalue weighted by atomic mass is 32.2. The van der Waals surface area contributed by atoms with Gasteiger partial charge in [-0.1, -0.05) is 0 Å². The second-order valence-electron chi connectivity index (χ2n) is 4.36. The Morgan fingerprint density at radius 3 is 1.94 bits per heavy atom. The van der Waals surface area contributed by atoms with E-state index >= 15 is 0 Å². The van der Waals surface area contributed by atoms with Crippen molar-refractivity contribution in [1.29, 1.82) is 0 Å². The van der Waals surface area contributed by atoms with Crippen LogP contribution in [-0.4, -0.2) is 61.1 Å². The lowest BCUT2D eigenvalue weighted by molar-refractivity contribution is 0.0272. The van der Waals surface area contributed by atoms with Crippen LogP contribution < -0.4 is 0 Å². The lowest BCUT2D eigenvalue weighted by Crippen LogP contribution is -2.35. The summed E-state index contributed by atoms with van der Waals surface area (Å²) in [7, 11) is -2.08. The lowest BCUT2D eigenvalue weighted by Gasteiger charge is -2.24. The van der Waals surface area contributed by atoms with Gasteiger partial charge in [-0.15, -0.1) is 0 Å². The molecule has 0 aliphatic carbocycles. The molecule has 0 heterocycles. The molecular formula is C9H21NO6S. The average Bonchev–Trinajstić information content (AvgIpc) is 1.97. The smallest absolute Gasteiger partial charge is 0.410 e. The van der Waals surface area contributed by atoms with Crippen molar-refractivity contribution in [1.82, 2.24) is 4.90 Å². The molecule has 0 aliphatic heterocycles. The van der Waals surface area contributed by atoms with Gasteiger partial charge in [0, 0.05) is 13.6 Å². The Morgan fingerprint density at radius 1 is 1.35 bits per heavy atom. The van der Waals surface area contributed by atoms with Crippen molar-refractivity contribution in [2.24, 2.45) is 0 Å². The Morgan fingerprint density at radius 2 is 1.71 bits per heavy atom. The van der Waals surface area contributed by atoms with E-state index in [2.05, 4.69) is 0 Å². The van der Waals surface area contributed by atoms with E-state index in [0.717, 1.165) is 0 Å². The van der Waals surface area contributed by atoms with Crippen molar-refractivity contribution >= 4 is 16.2 Å². The van der Waals surface area contributed by atoms with Crippen LogP contribution in [0.5, 0.6) is 0 Å². The number of hydrogen-bond donors (Lipinski definition) is 2. The summed E-state index contributed by atoms with van der Waals surface area (Å²) in [4.78, 5) is 12.5. The highest BCUT2D eigenvalue weighted by Crippen LogP contribution is 2.08. The van der Waals surface area contributed by atoms with Crippen LogP contribution in [0.15, 0.2) is 0 Å². The molecule has 104 valence electrons. The minimum absolute atomic E-state index is 0.0459. The number of rotatable bonds is 2. The predicted octanol–water partition coefficient (Wildman–Crippen LogP) is 0.350. The fourth-order valence-electron chi connectivity index (χ4n) is 0.581. The van der Waals surface area contributed by atoms with E-state index in [4.69, 9.17) is 14.4 Å². The summed E-state index contributed by atoms with van der Waals surface area (Å²) in [6.07, 6.45) is 0.309. The number of carbonyl (C=O) groups excluding carboxylic acids is 1. The number of nitrogens with zero attached hydrogens (tertiary/aromatic N) is 1. The Labute approximate surface area is 102 Å². The first-order valence-corrected chi connectivity index (χ1v) is 6.69. The molecule has 0 spiro atoms. The van der Waals surface area contributed by atoms with Crippen molar-refractivity contribution < 1.29 is 27.6 Å². The predicted molar refractivity (Wildman–Crippen MR) is 63.4 cm³/mol. The van der Waals surface area contributed by atoms with Gasteiger partial charge >= 0.3 is 6.09 Å². The average molecular weight is 271 g/mol. The van der Waals surface area contributed by atoms with E-state index in [1.807, 2.05) is 0 Å². The van der Waals surface area contributed by atoms with Gasteiger partial charge in [0.25, 0.3) is 10.1 Å². The number of amides is 1. The minimum Gasteiger partial charge on any atom is -0.444 e. The fraction of sp³-hybridized carbons (Fsp3) is 0.889. The van der Waals surface area contributed by atoms with Gasteiger partial charge in [0.15, 0.2) is 0 Å². The molecule has 2 N–H and O–H groups in total. The molecule has 7 nitrogen and oxygen atoms in total. The van der Waals surface area contributed by atoms with Crippen LogP contribution in [0.1, 0.15) is 20.8 Å². The van der Waals surface area contributed by atoms with Crippen LogP contribution in [0.2, 0.25) is 0 Å². The molecule has 0 atom stereocenters. The Kier molecular flexibility index (Phi) is 8.12. The monoisotopic (exact) mass is 271 g/mol. The molecular weight excluding hydrogens is 250 g/mol. The molecule has 0 aromatic heterocycles. The number of aliphatic hydroxyl groups excluding tert-OH is 1. The van der Waals surface area contributed by atoms with Crippen LogP contribution in [0.25, 0.3) is 0 Å². The van der Waals surface area contributed by atoms with Crippen molar-refractivity contribution in [2.45, 2.75) is 26.4 Å². The van der Waals surface area contributed by atoms with Gasteiger partial charge in [0.2, 0.25) is 0 Å². The molecule has 0 rings (SSSR count). The SMILES string of the molecule is CN(CCO)C(=O)OC(C)(C)C.CS(=O)(=O)O. The summed E-state index contributed by atoms with van der Waals surface area (Å²) >= 11 is 0. The fourth-order valence-corrected chi connectivity index (χ4v) is 0.581. The maximum Gasteiger partial charge on any atom is 0.410 e. The molecule has 0 saturated carbocycles. The second-order valence-corrected chi connectivity index (χ2v) is 5.82. The zero-order valence-corrected chi connectivity index (χ0v) is 11.6. The van der Waals surface area contributed by atoms with E-state index in [0.29, 0.717) is 12.8 Å². The highest BCUT2D eigenvalue weighted by molar-refractivity contribution is 7.85. The topological polar surface area (TPSA) is 104 Å². The van der Waals surface area contributed by atoms with Crippen LogP contribution in [-0.2, 0) is 14.9 Å². The number of ether oxygens (including phenoxy) is 1. The standard InChI is InChI=1S/C8H17NO3.CH4O3S/c1-8(2,3)12-7(11)9(4)5-6-10;1-5(2,3)4/h10H,5-6H2,1-4H3;1H3,(H,2,3,4).